The molecule has 4 aliphatic heterocycles. The van der Waals surface area contributed by atoms with E-state index in [4.69, 9.17) is 9.47 Å². The lowest BCUT2D eigenvalue weighted by atomic mass is 9.80. The molecule has 5 heterocycles. The Balaban J connectivity index is 0.992. The molecular formula is C34H40FN11O3. The van der Waals surface area contributed by atoms with Gasteiger partial charge < -0.3 is 24.6 Å². The lowest BCUT2D eigenvalue weighted by Crippen LogP contribution is -2.59. The van der Waals surface area contributed by atoms with Gasteiger partial charge in [-0.1, -0.05) is 13.8 Å². The number of alkyl halides is 1. The fourth-order valence-electron chi connectivity index (χ4n) is 6.67. The number of nitrogens with zero attached hydrogens (tertiary/aromatic N) is 8. The van der Waals surface area contributed by atoms with Gasteiger partial charge in [-0.2, -0.15) is 10.2 Å². The minimum absolute atomic E-state index is 0.132. The number of rotatable bonds is 8. The van der Waals surface area contributed by atoms with Crippen molar-refractivity contribution in [3.05, 3.63) is 66.3 Å². The monoisotopic (exact) mass is 669 g/mol. The van der Waals surface area contributed by atoms with Gasteiger partial charge >= 0.3 is 0 Å². The molecule has 3 fully saturated rings. The first-order valence-corrected chi connectivity index (χ1v) is 16.4. The molecule has 0 radical (unpaired) electrons. The Bertz CT molecular complexity index is 1750. The van der Waals surface area contributed by atoms with E-state index in [2.05, 4.69) is 59.2 Å². The highest BCUT2D eigenvalue weighted by atomic mass is 19.1. The lowest BCUT2D eigenvalue weighted by Gasteiger charge is -2.45. The molecule has 49 heavy (non-hydrogen) atoms. The van der Waals surface area contributed by atoms with Crippen LogP contribution in [0.3, 0.4) is 0 Å². The molecule has 0 spiro atoms. The number of benzene rings is 2. The SMILES string of the molecule is CN1C=C(C(=O)N2CC(F)C(Oc3ccc(-c4ncnc(Nc5ccc(N6CCN(C7COC7)CC6)cc5)n4)cc3C#N)C(C)(C)C2)NN1. The Morgan fingerprint density at radius 1 is 1.12 bits per heavy atom. The maximum atomic E-state index is 15.7. The normalized spacial score (nSPS) is 22.5. The maximum absolute atomic E-state index is 15.7. The van der Waals surface area contributed by atoms with Crippen molar-refractivity contribution in [1.29, 1.82) is 5.26 Å². The van der Waals surface area contributed by atoms with Gasteiger partial charge in [0.25, 0.3) is 5.91 Å². The predicted molar refractivity (Wildman–Crippen MR) is 180 cm³/mol. The first kappa shape index (κ1) is 32.5. The molecule has 1 aromatic heterocycles. The first-order valence-electron chi connectivity index (χ1n) is 16.4. The molecule has 2 aromatic carbocycles. The minimum atomic E-state index is -1.48. The summed E-state index contributed by atoms with van der Waals surface area (Å²) < 4.78 is 27.2. The Kier molecular flexibility index (Phi) is 8.93. The number of nitrogens with one attached hydrogen (secondary N) is 3. The Morgan fingerprint density at radius 3 is 2.55 bits per heavy atom. The number of aromatic nitrogens is 3. The van der Waals surface area contributed by atoms with Gasteiger partial charge in [-0.25, -0.2) is 14.4 Å². The van der Waals surface area contributed by atoms with Crippen molar-refractivity contribution >= 4 is 23.2 Å². The van der Waals surface area contributed by atoms with Crippen LogP contribution < -0.4 is 25.9 Å². The topological polar surface area (TPSA) is 147 Å². The summed E-state index contributed by atoms with van der Waals surface area (Å²) in [5.41, 5.74) is 8.00. The number of amides is 1. The number of piperidine rings is 1. The highest BCUT2D eigenvalue weighted by Gasteiger charge is 2.46. The summed E-state index contributed by atoms with van der Waals surface area (Å²) in [6, 6.07) is 15.9. The zero-order valence-corrected chi connectivity index (χ0v) is 27.8. The van der Waals surface area contributed by atoms with E-state index in [9.17, 15) is 10.1 Å². The second-order valence-corrected chi connectivity index (χ2v) is 13.5. The second kappa shape index (κ2) is 13.5. The van der Waals surface area contributed by atoms with E-state index < -0.39 is 17.7 Å². The molecule has 7 rings (SSSR count). The number of hydrazine groups is 2. The summed E-state index contributed by atoms with van der Waals surface area (Å²) in [5, 5.41) is 14.9. The molecule has 1 amide bonds. The van der Waals surface area contributed by atoms with Gasteiger partial charge in [-0.05, 0) is 42.5 Å². The molecule has 3 aromatic rings. The zero-order valence-electron chi connectivity index (χ0n) is 27.8. The van der Waals surface area contributed by atoms with Crippen molar-refractivity contribution < 1.29 is 18.7 Å². The number of carbonyl (C=O) groups is 1. The average molecular weight is 670 g/mol. The van der Waals surface area contributed by atoms with Crippen molar-refractivity contribution in [3.8, 4) is 23.2 Å². The molecule has 14 nitrogen and oxygen atoms in total. The number of carbonyl (C=O) groups excluding carboxylic acids is 1. The number of hydrogen-bond acceptors (Lipinski definition) is 13. The summed E-state index contributed by atoms with van der Waals surface area (Å²) in [4.78, 5) is 32.6. The van der Waals surface area contributed by atoms with Crippen molar-refractivity contribution in [3.63, 3.8) is 0 Å². The van der Waals surface area contributed by atoms with Gasteiger partial charge in [-0.15, -0.1) is 5.53 Å². The fraction of sp³-hybridized carbons (Fsp3) is 0.441. The van der Waals surface area contributed by atoms with E-state index in [-0.39, 0.29) is 30.3 Å². The fourth-order valence-corrected chi connectivity index (χ4v) is 6.67. The van der Waals surface area contributed by atoms with Gasteiger partial charge in [-0.3, -0.25) is 20.1 Å². The third-order valence-electron chi connectivity index (χ3n) is 9.42. The Hall–Kier alpha value is -5.04. The highest BCUT2D eigenvalue weighted by Crippen LogP contribution is 2.36. The maximum Gasteiger partial charge on any atom is 0.273 e. The van der Waals surface area contributed by atoms with Gasteiger partial charge in [0.15, 0.2) is 12.0 Å². The number of likely N-dealkylation sites (tertiary alicyclic amines) is 1. The molecule has 0 bridgehead atoms. The third kappa shape index (κ3) is 6.93. The van der Waals surface area contributed by atoms with E-state index in [1.807, 2.05) is 26.0 Å². The van der Waals surface area contributed by atoms with Crippen LogP contribution in [-0.2, 0) is 9.53 Å². The number of hydrogen-bond donors (Lipinski definition) is 3. The van der Waals surface area contributed by atoms with Crippen LogP contribution in [0.1, 0.15) is 19.4 Å². The summed E-state index contributed by atoms with van der Waals surface area (Å²) in [6.07, 6.45) is 0.672. The number of piperazine rings is 1. The first-order chi connectivity index (χ1) is 23.7. The molecule has 3 N–H and O–H groups in total. The molecule has 15 heteroatoms. The van der Waals surface area contributed by atoms with Crippen LogP contribution in [0.15, 0.2) is 60.7 Å². The number of anilines is 3. The van der Waals surface area contributed by atoms with Crippen LogP contribution >= 0.6 is 0 Å². The van der Waals surface area contributed by atoms with Crippen molar-refractivity contribution in [2.24, 2.45) is 5.41 Å². The summed E-state index contributed by atoms with van der Waals surface area (Å²) in [6.45, 7) is 9.56. The molecule has 2 unspecified atom stereocenters. The molecule has 4 aliphatic rings. The zero-order chi connectivity index (χ0) is 34.1. The highest BCUT2D eigenvalue weighted by molar-refractivity contribution is 5.93. The van der Waals surface area contributed by atoms with Crippen LogP contribution in [0.2, 0.25) is 0 Å². The van der Waals surface area contributed by atoms with Gasteiger partial charge in [0, 0.05) is 68.3 Å². The Labute approximate surface area is 284 Å². The largest absolute Gasteiger partial charge is 0.485 e. The molecule has 0 saturated carbocycles. The smallest absolute Gasteiger partial charge is 0.273 e. The third-order valence-corrected chi connectivity index (χ3v) is 9.42. The van der Waals surface area contributed by atoms with Crippen molar-refractivity contribution in [1.82, 2.24) is 40.7 Å². The molecule has 3 saturated heterocycles. The van der Waals surface area contributed by atoms with Gasteiger partial charge in [0.05, 0.1) is 31.4 Å². The number of halogens is 1. The lowest BCUT2D eigenvalue weighted by molar-refractivity contribution is -0.138. The molecule has 2 atom stereocenters. The van der Waals surface area contributed by atoms with E-state index >= 15 is 4.39 Å². The quantitative estimate of drug-likeness (QED) is 0.323. The minimum Gasteiger partial charge on any atom is -0.485 e. The standard InChI is InChI=1S/C34H40FN11O3/c1-34(2)20-46(32(47)28-17-43(3)42-41-28)16-27(35)30(34)49-29-9-4-22(14-23(29)15-36)31-37-21-38-33(40-31)39-24-5-7-25(8-6-24)44-10-12-45(13-11-44)26-18-48-19-26/h4-9,14,17,21,26-27,30,41-42H,10-13,16,18-20H2,1-3H3,(H,37,38,39,40). The molecule has 0 aliphatic carbocycles. The van der Waals surface area contributed by atoms with Crippen molar-refractivity contribution in [2.75, 3.05) is 69.7 Å². The van der Waals surface area contributed by atoms with Gasteiger partial charge in [0.1, 0.15) is 29.9 Å². The molecular weight excluding hydrogens is 629 g/mol. The molecule has 256 valence electrons. The summed E-state index contributed by atoms with van der Waals surface area (Å²) in [5.74, 6) is 0.684. The van der Waals surface area contributed by atoms with Crippen LogP contribution in [-0.4, -0.2) is 114 Å². The average Bonchev–Trinajstić information content (AvgIpc) is 3.52. The predicted octanol–water partition coefficient (Wildman–Crippen LogP) is 2.42. The van der Waals surface area contributed by atoms with Crippen LogP contribution in [0.5, 0.6) is 5.75 Å². The second-order valence-electron chi connectivity index (χ2n) is 13.5. The Morgan fingerprint density at radius 2 is 1.90 bits per heavy atom. The van der Waals surface area contributed by atoms with E-state index in [1.165, 1.54) is 16.9 Å². The van der Waals surface area contributed by atoms with Crippen LogP contribution in [0.4, 0.5) is 21.7 Å². The number of nitriles is 1. The summed E-state index contributed by atoms with van der Waals surface area (Å²) in [7, 11) is 1.75. The van der Waals surface area contributed by atoms with Crippen LogP contribution in [0, 0.1) is 16.7 Å². The van der Waals surface area contributed by atoms with E-state index in [0.29, 0.717) is 29.1 Å². The van der Waals surface area contributed by atoms with Crippen LogP contribution in [0.25, 0.3) is 11.4 Å². The summed E-state index contributed by atoms with van der Waals surface area (Å²) >= 11 is 0. The van der Waals surface area contributed by atoms with Gasteiger partial charge in [0.2, 0.25) is 5.95 Å². The van der Waals surface area contributed by atoms with E-state index in [1.54, 1.807) is 36.5 Å². The number of ether oxygens (including phenoxy) is 2. The van der Waals surface area contributed by atoms with E-state index in [0.717, 1.165) is 45.1 Å². The van der Waals surface area contributed by atoms with Crippen molar-refractivity contribution in [2.45, 2.75) is 32.2 Å².